The Morgan fingerprint density at radius 1 is 1.22 bits per heavy atom. The van der Waals surface area contributed by atoms with Crippen molar-refractivity contribution in [3.05, 3.63) is 53.6 Å². The number of rotatable bonds is 3. The third-order valence-corrected chi connectivity index (χ3v) is 4.34. The molecular weight excluding hydrogens is 348 g/mol. The van der Waals surface area contributed by atoms with Gasteiger partial charge in [-0.25, -0.2) is 9.50 Å². The fourth-order valence-corrected chi connectivity index (χ4v) is 2.88. The number of nitrogens with zero attached hydrogens (tertiary/aromatic N) is 5. The largest absolute Gasteiger partial charge is 0.378 e. The molecule has 3 heterocycles. The van der Waals surface area contributed by atoms with Crippen molar-refractivity contribution in [3.8, 4) is 0 Å². The minimum absolute atomic E-state index is 0.00957. The molecule has 138 valence electrons. The second kappa shape index (κ2) is 7.12. The fourth-order valence-electron chi connectivity index (χ4n) is 2.88. The van der Waals surface area contributed by atoms with E-state index in [4.69, 9.17) is 4.74 Å². The molecule has 1 saturated heterocycles. The third-order valence-electron chi connectivity index (χ3n) is 4.34. The van der Waals surface area contributed by atoms with E-state index in [0.717, 1.165) is 5.56 Å². The highest BCUT2D eigenvalue weighted by atomic mass is 16.5. The molecule has 0 saturated carbocycles. The monoisotopic (exact) mass is 366 g/mol. The highest BCUT2D eigenvalue weighted by Crippen LogP contribution is 2.18. The zero-order chi connectivity index (χ0) is 18.8. The van der Waals surface area contributed by atoms with Gasteiger partial charge in [-0.2, -0.15) is 4.98 Å². The van der Waals surface area contributed by atoms with E-state index in [1.165, 1.54) is 4.52 Å². The summed E-state index contributed by atoms with van der Waals surface area (Å²) in [5, 5.41) is 6.84. The molecule has 0 atom stereocenters. The van der Waals surface area contributed by atoms with Gasteiger partial charge in [0, 0.05) is 36.7 Å². The first-order valence-corrected chi connectivity index (χ1v) is 8.58. The quantitative estimate of drug-likeness (QED) is 0.746. The molecule has 1 aliphatic heterocycles. The molecule has 9 nitrogen and oxygen atoms in total. The van der Waals surface area contributed by atoms with Crippen molar-refractivity contribution in [2.75, 3.05) is 31.6 Å². The van der Waals surface area contributed by atoms with E-state index >= 15 is 0 Å². The third kappa shape index (κ3) is 3.49. The Hall–Kier alpha value is -3.33. The van der Waals surface area contributed by atoms with Crippen molar-refractivity contribution in [2.24, 2.45) is 0 Å². The molecule has 0 bridgehead atoms. The van der Waals surface area contributed by atoms with Crippen LogP contribution in [-0.4, -0.2) is 62.6 Å². The molecule has 9 heteroatoms. The van der Waals surface area contributed by atoms with Gasteiger partial charge < -0.3 is 15.0 Å². The summed E-state index contributed by atoms with van der Waals surface area (Å²) in [5.41, 5.74) is 1.91. The van der Waals surface area contributed by atoms with E-state index in [2.05, 4.69) is 20.4 Å². The van der Waals surface area contributed by atoms with Gasteiger partial charge in [0.2, 0.25) is 5.82 Å². The first kappa shape index (κ1) is 17.1. The van der Waals surface area contributed by atoms with Crippen LogP contribution in [0.25, 0.3) is 5.78 Å². The summed E-state index contributed by atoms with van der Waals surface area (Å²) in [6, 6.07) is 6.94. The molecule has 0 aliphatic carbocycles. The number of carbonyl (C=O) groups is 2. The lowest BCUT2D eigenvalue weighted by Crippen LogP contribution is -2.41. The maximum atomic E-state index is 12.8. The van der Waals surface area contributed by atoms with Crippen LogP contribution in [0.15, 0.2) is 36.7 Å². The molecule has 3 aromatic rings. The minimum atomic E-state index is -0.464. The Bertz CT molecular complexity index is 976. The number of morpholine rings is 1. The number of fused-ring (bicyclic) bond motifs is 1. The van der Waals surface area contributed by atoms with Gasteiger partial charge in [0.05, 0.1) is 13.2 Å². The molecule has 0 unspecified atom stereocenters. The molecule has 2 aromatic heterocycles. The minimum Gasteiger partial charge on any atom is -0.378 e. The van der Waals surface area contributed by atoms with E-state index < -0.39 is 5.91 Å². The number of aromatic nitrogens is 4. The number of amides is 2. The summed E-state index contributed by atoms with van der Waals surface area (Å²) in [6.07, 6.45) is 3.24. The van der Waals surface area contributed by atoms with Gasteiger partial charge in [-0.05, 0) is 30.7 Å². The summed E-state index contributed by atoms with van der Waals surface area (Å²) < 4.78 is 6.72. The number of nitrogens with one attached hydrogen (secondary N) is 1. The second-order valence-corrected chi connectivity index (χ2v) is 6.19. The molecule has 2 amide bonds. The predicted octanol–water partition coefficient (Wildman–Crippen LogP) is 1.16. The second-order valence-electron chi connectivity index (χ2n) is 6.19. The first-order chi connectivity index (χ1) is 13.1. The summed E-state index contributed by atoms with van der Waals surface area (Å²) >= 11 is 0. The maximum absolute atomic E-state index is 12.8. The standard InChI is InChI=1S/C18H18N6O3/c1-12-3-4-13(11-14(12)17(26)23-7-9-27-10-8-23)20-16(25)15-21-18-19-5-2-6-24(18)22-15/h2-6,11H,7-10H2,1H3,(H,20,25). The van der Waals surface area contributed by atoms with E-state index in [-0.39, 0.29) is 11.7 Å². The number of anilines is 1. The van der Waals surface area contributed by atoms with Crippen LogP contribution < -0.4 is 5.32 Å². The van der Waals surface area contributed by atoms with Gasteiger partial charge in [0.25, 0.3) is 17.6 Å². The van der Waals surface area contributed by atoms with Crippen molar-refractivity contribution < 1.29 is 14.3 Å². The van der Waals surface area contributed by atoms with Gasteiger partial charge in [-0.15, -0.1) is 5.10 Å². The summed E-state index contributed by atoms with van der Waals surface area (Å²) in [6.45, 7) is 4.07. The first-order valence-electron chi connectivity index (χ1n) is 8.58. The van der Waals surface area contributed by atoms with E-state index in [1.807, 2.05) is 13.0 Å². The van der Waals surface area contributed by atoms with Crippen molar-refractivity contribution >= 4 is 23.3 Å². The van der Waals surface area contributed by atoms with E-state index in [1.54, 1.807) is 35.5 Å². The Morgan fingerprint density at radius 3 is 2.81 bits per heavy atom. The Kier molecular flexibility index (Phi) is 4.51. The molecule has 27 heavy (non-hydrogen) atoms. The topological polar surface area (TPSA) is 102 Å². The molecule has 1 N–H and O–H groups in total. The van der Waals surface area contributed by atoms with Crippen LogP contribution in [0.2, 0.25) is 0 Å². The lowest BCUT2D eigenvalue weighted by molar-refractivity contribution is 0.0302. The molecule has 0 spiro atoms. The predicted molar refractivity (Wildman–Crippen MR) is 96.6 cm³/mol. The number of hydrogen-bond acceptors (Lipinski definition) is 6. The number of ether oxygens (including phenoxy) is 1. The number of carbonyl (C=O) groups excluding carboxylic acids is 2. The molecule has 1 fully saturated rings. The Morgan fingerprint density at radius 2 is 2.04 bits per heavy atom. The molecule has 0 radical (unpaired) electrons. The number of hydrogen-bond donors (Lipinski definition) is 1. The van der Waals surface area contributed by atoms with Crippen LogP contribution in [-0.2, 0) is 4.74 Å². The van der Waals surface area contributed by atoms with Crippen LogP contribution in [0.5, 0.6) is 0 Å². The average molecular weight is 366 g/mol. The molecular formula is C18H18N6O3. The van der Waals surface area contributed by atoms with E-state index in [0.29, 0.717) is 43.3 Å². The number of aryl methyl sites for hydroxylation is 1. The number of benzene rings is 1. The zero-order valence-electron chi connectivity index (χ0n) is 14.8. The van der Waals surface area contributed by atoms with E-state index in [9.17, 15) is 9.59 Å². The average Bonchev–Trinajstić information content (AvgIpc) is 3.14. The summed E-state index contributed by atoms with van der Waals surface area (Å²) in [4.78, 5) is 35.1. The van der Waals surface area contributed by atoms with Crippen molar-refractivity contribution in [1.82, 2.24) is 24.5 Å². The molecule has 4 rings (SSSR count). The van der Waals surface area contributed by atoms with Crippen LogP contribution >= 0.6 is 0 Å². The van der Waals surface area contributed by atoms with Gasteiger partial charge in [0.1, 0.15) is 0 Å². The summed E-state index contributed by atoms with van der Waals surface area (Å²) in [7, 11) is 0. The normalized spacial score (nSPS) is 14.3. The Labute approximate surface area is 155 Å². The van der Waals surface area contributed by atoms with Gasteiger partial charge >= 0.3 is 0 Å². The van der Waals surface area contributed by atoms with Crippen molar-refractivity contribution in [3.63, 3.8) is 0 Å². The van der Waals surface area contributed by atoms with Crippen LogP contribution in [0, 0.1) is 6.92 Å². The molecule has 1 aliphatic rings. The fraction of sp³-hybridized carbons (Fsp3) is 0.278. The van der Waals surface area contributed by atoms with Gasteiger partial charge in [0.15, 0.2) is 0 Å². The van der Waals surface area contributed by atoms with Crippen LogP contribution in [0.3, 0.4) is 0 Å². The highest BCUT2D eigenvalue weighted by Gasteiger charge is 2.21. The summed E-state index contributed by atoms with van der Waals surface area (Å²) in [5.74, 6) is -0.179. The highest BCUT2D eigenvalue weighted by molar-refractivity contribution is 6.03. The SMILES string of the molecule is Cc1ccc(NC(=O)c2nc3ncccn3n2)cc1C(=O)N1CCOCC1. The van der Waals surface area contributed by atoms with Gasteiger partial charge in [-0.3, -0.25) is 9.59 Å². The lowest BCUT2D eigenvalue weighted by Gasteiger charge is -2.27. The van der Waals surface area contributed by atoms with Crippen LogP contribution in [0.1, 0.15) is 26.5 Å². The van der Waals surface area contributed by atoms with Crippen molar-refractivity contribution in [2.45, 2.75) is 6.92 Å². The maximum Gasteiger partial charge on any atom is 0.295 e. The molecule has 1 aromatic carbocycles. The lowest BCUT2D eigenvalue weighted by atomic mass is 10.1. The van der Waals surface area contributed by atoms with Gasteiger partial charge in [-0.1, -0.05) is 6.07 Å². The van der Waals surface area contributed by atoms with Crippen molar-refractivity contribution in [1.29, 1.82) is 0 Å². The zero-order valence-corrected chi connectivity index (χ0v) is 14.8. The Balaban J connectivity index is 1.55. The smallest absolute Gasteiger partial charge is 0.295 e. The van der Waals surface area contributed by atoms with Crippen LogP contribution in [0.4, 0.5) is 5.69 Å².